The molecule has 0 radical (unpaired) electrons. The predicted octanol–water partition coefficient (Wildman–Crippen LogP) is 5.41. The molecule has 0 bridgehead atoms. The van der Waals surface area contributed by atoms with Gasteiger partial charge in [0, 0.05) is 28.1 Å². The van der Waals surface area contributed by atoms with Gasteiger partial charge in [-0.2, -0.15) is 0 Å². The highest BCUT2D eigenvalue weighted by molar-refractivity contribution is 7.91. The van der Waals surface area contributed by atoms with Gasteiger partial charge in [-0.1, -0.05) is 13.8 Å². The molecule has 9 heteroatoms. The maximum absolute atomic E-state index is 11.8. The summed E-state index contributed by atoms with van der Waals surface area (Å²) in [5.74, 6) is 2.30. The van der Waals surface area contributed by atoms with Crippen LogP contribution in [0.1, 0.15) is 72.9 Å². The van der Waals surface area contributed by atoms with Gasteiger partial charge in [-0.3, -0.25) is 0 Å². The van der Waals surface area contributed by atoms with Crippen LogP contribution < -0.4 is 5.73 Å². The normalized spacial score (nSPS) is 20.2. The van der Waals surface area contributed by atoms with Gasteiger partial charge in [-0.25, -0.2) is 18.4 Å². The summed E-state index contributed by atoms with van der Waals surface area (Å²) in [5, 5.41) is 1.38. The molecule has 3 aromatic rings. The minimum absolute atomic E-state index is 0.352. The molecule has 0 aromatic carbocycles. The van der Waals surface area contributed by atoms with Crippen LogP contribution in [0.25, 0.3) is 21.5 Å². The van der Waals surface area contributed by atoms with Crippen LogP contribution in [0, 0.1) is 13.8 Å². The van der Waals surface area contributed by atoms with E-state index in [4.69, 9.17) is 5.73 Å². The van der Waals surface area contributed by atoms with Crippen molar-refractivity contribution in [3.05, 3.63) is 33.8 Å². The molecule has 3 N–H and O–H groups in total. The molecule has 7 nitrogen and oxygen atoms in total. The molecule has 0 spiro atoms. The lowest BCUT2D eigenvalue weighted by Crippen LogP contribution is -2.44. The van der Waals surface area contributed by atoms with Crippen molar-refractivity contribution in [1.29, 1.82) is 0 Å². The minimum Gasteiger partial charge on any atom is -0.390 e. The van der Waals surface area contributed by atoms with Crippen LogP contribution in [0.15, 0.2) is 17.3 Å². The lowest BCUT2D eigenvalue weighted by Gasteiger charge is -2.39. The minimum atomic E-state index is -2.81. The zero-order valence-corrected chi connectivity index (χ0v) is 23.3. The molecule has 0 saturated carbocycles. The maximum Gasteiger partial charge on any atom is 0.156 e. The van der Waals surface area contributed by atoms with E-state index in [9.17, 15) is 8.42 Å². The Morgan fingerprint density at radius 2 is 1.89 bits per heavy atom. The van der Waals surface area contributed by atoms with Crippen LogP contribution >= 0.6 is 11.3 Å². The fourth-order valence-electron chi connectivity index (χ4n) is 6.12. The van der Waals surface area contributed by atoms with Crippen LogP contribution in [0.5, 0.6) is 0 Å². The van der Waals surface area contributed by atoms with E-state index >= 15 is 0 Å². The smallest absolute Gasteiger partial charge is 0.156 e. The first-order valence-corrected chi connectivity index (χ1v) is 15.6. The van der Waals surface area contributed by atoms with Crippen LogP contribution in [0.2, 0.25) is 0 Å². The highest BCUT2D eigenvalue weighted by atomic mass is 32.2. The Morgan fingerprint density at radius 1 is 1.19 bits per heavy atom. The molecule has 2 fully saturated rings. The number of rotatable bonds is 5. The third kappa shape index (κ3) is 4.73. The summed E-state index contributed by atoms with van der Waals surface area (Å²) in [6, 6.07) is 2.57. The average molecular weight is 528 g/mol. The van der Waals surface area contributed by atoms with E-state index in [-0.39, 0.29) is 0 Å². The van der Waals surface area contributed by atoms with Crippen LogP contribution in [0.3, 0.4) is 0 Å². The fourth-order valence-corrected chi connectivity index (χ4v) is 8.99. The molecule has 5 heterocycles. The van der Waals surface area contributed by atoms with E-state index in [1.807, 2.05) is 24.5 Å². The van der Waals surface area contributed by atoms with Gasteiger partial charge in [0.05, 0.1) is 23.5 Å². The number of piperidine rings is 1. The zero-order valence-electron chi connectivity index (χ0n) is 21.7. The highest BCUT2D eigenvalue weighted by Gasteiger charge is 2.32. The lowest BCUT2D eigenvalue weighted by atomic mass is 9.89. The van der Waals surface area contributed by atoms with Crippen molar-refractivity contribution < 1.29 is 8.42 Å². The molecule has 0 aliphatic carbocycles. The highest BCUT2D eigenvalue weighted by Crippen LogP contribution is 2.46. The number of aromatic amines is 1. The van der Waals surface area contributed by atoms with E-state index in [0.717, 1.165) is 55.6 Å². The number of pyridine rings is 1. The molecule has 2 aliphatic rings. The molecular formula is C27H37N5O2S2. The molecule has 0 atom stereocenters. The molecule has 2 aliphatic heterocycles. The Hall–Kier alpha value is -2.23. The average Bonchev–Trinajstić information content (AvgIpc) is 3.37. The second-order valence-corrected chi connectivity index (χ2v) is 14.1. The molecular weight excluding hydrogens is 490 g/mol. The summed E-state index contributed by atoms with van der Waals surface area (Å²) in [7, 11) is -2.81. The van der Waals surface area contributed by atoms with Crippen LogP contribution in [-0.4, -0.2) is 60.3 Å². The van der Waals surface area contributed by atoms with Crippen molar-refractivity contribution in [1.82, 2.24) is 14.9 Å². The molecule has 36 heavy (non-hydrogen) atoms. The lowest BCUT2D eigenvalue weighted by molar-refractivity contribution is 0.143. The van der Waals surface area contributed by atoms with Gasteiger partial charge in [0.2, 0.25) is 0 Å². The number of nitrogens with two attached hydrogens (primary N) is 1. The Balaban J connectivity index is 1.39. The Morgan fingerprint density at radius 3 is 2.50 bits per heavy atom. The number of nitrogens with one attached hydrogen (secondary N) is 1. The maximum atomic E-state index is 11.8. The molecule has 2 saturated heterocycles. The summed E-state index contributed by atoms with van der Waals surface area (Å²) < 4.78 is 23.7. The van der Waals surface area contributed by atoms with Crippen molar-refractivity contribution in [2.24, 2.45) is 10.7 Å². The quantitative estimate of drug-likeness (QED) is 0.341. The summed E-state index contributed by atoms with van der Waals surface area (Å²) >= 11 is 1.92. The number of aliphatic imine (C=N–C) groups is 1. The van der Waals surface area contributed by atoms with Crippen molar-refractivity contribution >= 4 is 43.5 Å². The topological polar surface area (TPSA) is 104 Å². The van der Waals surface area contributed by atoms with E-state index in [2.05, 4.69) is 46.7 Å². The largest absolute Gasteiger partial charge is 0.390 e. The molecule has 194 valence electrons. The predicted molar refractivity (Wildman–Crippen MR) is 151 cm³/mol. The number of likely N-dealkylation sites (tertiary alicyclic amines) is 1. The third-order valence-electron chi connectivity index (χ3n) is 8.02. The molecule has 3 aromatic heterocycles. The zero-order chi connectivity index (χ0) is 25.6. The van der Waals surface area contributed by atoms with Crippen molar-refractivity contribution in [2.75, 3.05) is 24.6 Å². The van der Waals surface area contributed by atoms with E-state index in [1.54, 1.807) is 0 Å². The Labute approximate surface area is 218 Å². The first-order valence-electron chi connectivity index (χ1n) is 13.0. The summed E-state index contributed by atoms with van der Waals surface area (Å²) in [6.07, 6.45) is 7.05. The number of nitrogens with zero attached hydrogens (tertiary/aromatic N) is 3. The second-order valence-electron chi connectivity index (χ2n) is 10.7. The second kappa shape index (κ2) is 9.91. The van der Waals surface area contributed by atoms with Crippen molar-refractivity contribution in [2.45, 2.75) is 71.3 Å². The number of aryl methyl sites for hydroxylation is 2. The number of fused-ring (bicyclic) bond motifs is 1. The number of aromatic nitrogens is 2. The molecule has 0 unspecified atom stereocenters. The van der Waals surface area contributed by atoms with Crippen molar-refractivity contribution in [3.8, 4) is 11.3 Å². The number of hydrogen-bond donors (Lipinski definition) is 2. The standard InChI is InChI=1S/C27H37N5O2S2/c1-16(2)22-23-18(4)25(19-5-9-32(10-6-19)21-7-11-36(33,34)12-8-21)35-27(23)31-24(22)20-13-17(3)26(29-14-20)30-15-28/h13-16,19,21,31H,5-12H2,1-4H3,(H2,28,29,30). The SMILES string of the molecule is Cc1cc(-c2[nH]c3sc(C4CCN(C5CCS(=O)(=O)CC5)CC4)c(C)c3c2C(C)C)cnc1N=CN. The monoisotopic (exact) mass is 527 g/mol. The van der Waals surface area contributed by atoms with Gasteiger partial charge in [0.15, 0.2) is 5.82 Å². The van der Waals surface area contributed by atoms with E-state index in [0.29, 0.717) is 35.2 Å². The van der Waals surface area contributed by atoms with Crippen LogP contribution in [-0.2, 0) is 9.84 Å². The molecule has 5 rings (SSSR count). The Kier molecular flexibility index (Phi) is 7.00. The van der Waals surface area contributed by atoms with Gasteiger partial charge >= 0.3 is 0 Å². The number of thiophene rings is 1. The van der Waals surface area contributed by atoms with Gasteiger partial charge in [-0.05, 0) is 87.2 Å². The van der Waals surface area contributed by atoms with Gasteiger partial charge in [0.25, 0.3) is 0 Å². The summed E-state index contributed by atoms with van der Waals surface area (Å²) in [4.78, 5) is 17.8. The summed E-state index contributed by atoms with van der Waals surface area (Å²) in [5.41, 5.74) is 11.5. The van der Waals surface area contributed by atoms with Crippen molar-refractivity contribution in [3.63, 3.8) is 0 Å². The van der Waals surface area contributed by atoms with Gasteiger partial charge in [0.1, 0.15) is 14.7 Å². The fraction of sp³-hybridized carbons (Fsp3) is 0.556. The molecule has 0 amide bonds. The van der Waals surface area contributed by atoms with E-state index < -0.39 is 9.84 Å². The van der Waals surface area contributed by atoms with Gasteiger partial charge in [-0.15, -0.1) is 11.3 Å². The van der Waals surface area contributed by atoms with Crippen LogP contribution in [0.4, 0.5) is 5.82 Å². The first kappa shape index (κ1) is 25.4. The number of H-pyrrole nitrogens is 1. The summed E-state index contributed by atoms with van der Waals surface area (Å²) in [6.45, 7) is 11.0. The number of sulfone groups is 1. The van der Waals surface area contributed by atoms with E-state index in [1.165, 1.54) is 32.6 Å². The Bertz CT molecular complexity index is 1380. The first-order chi connectivity index (χ1) is 17.2. The van der Waals surface area contributed by atoms with Gasteiger partial charge < -0.3 is 15.6 Å². The number of hydrogen-bond acceptors (Lipinski definition) is 6. The third-order valence-corrected chi connectivity index (χ3v) is 11.1.